The van der Waals surface area contributed by atoms with E-state index in [1.165, 1.54) is 0 Å². The average molecular weight is 221 g/mol. The zero-order chi connectivity index (χ0) is 11.8. The zero-order valence-corrected chi connectivity index (χ0v) is 9.70. The van der Waals surface area contributed by atoms with E-state index in [0.29, 0.717) is 6.42 Å². The number of hydrogen-bond acceptors (Lipinski definition) is 3. The first-order chi connectivity index (χ1) is 7.77. The highest BCUT2D eigenvalue weighted by Crippen LogP contribution is 2.11. The van der Waals surface area contributed by atoms with E-state index in [1.54, 1.807) is 0 Å². The maximum Gasteiger partial charge on any atom is 0.162 e. The van der Waals surface area contributed by atoms with Crippen molar-refractivity contribution < 1.29 is 9.90 Å². The summed E-state index contributed by atoms with van der Waals surface area (Å²) in [6.45, 7) is 2.95. The zero-order valence-electron chi connectivity index (χ0n) is 9.70. The molecule has 2 N–H and O–H groups in total. The molecule has 0 radical (unpaired) electrons. The van der Waals surface area contributed by atoms with Gasteiger partial charge < -0.3 is 10.4 Å². The van der Waals surface area contributed by atoms with Crippen LogP contribution in [0, 0.1) is 0 Å². The minimum Gasteiger partial charge on any atom is -0.396 e. The van der Waals surface area contributed by atoms with Gasteiger partial charge in [-0.15, -0.1) is 0 Å². The van der Waals surface area contributed by atoms with Gasteiger partial charge in [0.2, 0.25) is 0 Å². The number of aliphatic hydroxyl groups excluding tert-OH is 1. The Kier molecular flexibility index (Phi) is 5.57. The van der Waals surface area contributed by atoms with E-state index in [2.05, 4.69) is 5.32 Å². The maximum atomic E-state index is 11.4. The van der Waals surface area contributed by atoms with E-state index in [4.69, 9.17) is 5.11 Å². The summed E-state index contributed by atoms with van der Waals surface area (Å²) in [6.07, 6.45) is 2.31. The lowest BCUT2D eigenvalue weighted by atomic mass is 10.1. The summed E-state index contributed by atoms with van der Waals surface area (Å²) in [5, 5.41) is 11.9. The van der Waals surface area contributed by atoms with Crippen molar-refractivity contribution in [2.45, 2.75) is 26.2 Å². The molecule has 0 atom stereocenters. The van der Waals surface area contributed by atoms with Gasteiger partial charge in [-0.1, -0.05) is 6.92 Å². The number of benzene rings is 1. The number of carbonyl (C=O) groups is 1. The van der Waals surface area contributed by atoms with Gasteiger partial charge in [0, 0.05) is 30.8 Å². The molecule has 0 fully saturated rings. The number of carbonyl (C=O) groups excluding carboxylic acids is 1. The molecule has 0 unspecified atom stereocenters. The first-order valence-electron chi connectivity index (χ1n) is 5.76. The van der Waals surface area contributed by atoms with E-state index in [1.807, 2.05) is 31.2 Å². The predicted molar refractivity (Wildman–Crippen MR) is 65.9 cm³/mol. The molecule has 3 heteroatoms. The number of Topliss-reactive ketones (excluding diaryl/α,β-unsaturated/α-hetero) is 1. The Morgan fingerprint density at radius 3 is 2.50 bits per heavy atom. The molecule has 0 heterocycles. The molecule has 0 aliphatic rings. The molecule has 0 aliphatic carbocycles. The van der Waals surface area contributed by atoms with Crippen LogP contribution in [0.3, 0.4) is 0 Å². The van der Waals surface area contributed by atoms with Gasteiger partial charge >= 0.3 is 0 Å². The molecule has 16 heavy (non-hydrogen) atoms. The van der Waals surface area contributed by atoms with Crippen LogP contribution >= 0.6 is 0 Å². The Labute approximate surface area is 96.5 Å². The fourth-order valence-corrected chi connectivity index (χ4v) is 1.45. The number of unbranched alkanes of at least 4 members (excludes halogenated alkanes) is 1. The molecule has 0 saturated heterocycles. The number of ketones is 1. The van der Waals surface area contributed by atoms with Crippen molar-refractivity contribution in [2.75, 3.05) is 18.5 Å². The highest BCUT2D eigenvalue weighted by molar-refractivity contribution is 5.96. The van der Waals surface area contributed by atoms with Gasteiger partial charge in [0.1, 0.15) is 0 Å². The van der Waals surface area contributed by atoms with Crippen LogP contribution in [0.1, 0.15) is 36.5 Å². The quantitative estimate of drug-likeness (QED) is 0.549. The van der Waals surface area contributed by atoms with E-state index in [-0.39, 0.29) is 12.4 Å². The van der Waals surface area contributed by atoms with Crippen LogP contribution < -0.4 is 5.32 Å². The molecule has 0 amide bonds. The smallest absolute Gasteiger partial charge is 0.162 e. The molecule has 3 nitrogen and oxygen atoms in total. The van der Waals surface area contributed by atoms with Crippen molar-refractivity contribution in [1.82, 2.24) is 0 Å². The van der Waals surface area contributed by atoms with E-state index < -0.39 is 0 Å². The fourth-order valence-electron chi connectivity index (χ4n) is 1.45. The third-order valence-corrected chi connectivity index (χ3v) is 2.44. The highest BCUT2D eigenvalue weighted by Gasteiger charge is 2.01. The highest BCUT2D eigenvalue weighted by atomic mass is 16.2. The summed E-state index contributed by atoms with van der Waals surface area (Å²) in [6, 6.07) is 7.53. The number of nitrogens with one attached hydrogen (secondary N) is 1. The summed E-state index contributed by atoms with van der Waals surface area (Å²) in [5.41, 5.74) is 1.79. The van der Waals surface area contributed by atoms with Crippen molar-refractivity contribution in [3.63, 3.8) is 0 Å². The lowest BCUT2D eigenvalue weighted by Crippen LogP contribution is -2.03. The van der Waals surface area contributed by atoms with Crippen molar-refractivity contribution >= 4 is 11.5 Å². The van der Waals surface area contributed by atoms with Crippen LogP contribution in [0.15, 0.2) is 24.3 Å². The second kappa shape index (κ2) is 7.01. The normalized spacial score (nSPS) is 10.1. The Bertz CT molecular complexity index is 319. The van der Waals surface area contributed by atoms with Crippen LogP contribution in [0.5, 0.6) is 0 Å². The molecule has 0 saturated carbocycles. The lowest BCUT2D eigenvalue weighted by Gasteiger charge is -2.06. The second-order valence-electron chi connectivity index (χ2n) is 3.71. The minimum atomic E-state index is 0.173. The minimum absolute atomic E-state index is 0.173. The van der Waals surface area contributed by atoms with Gasteiger partial charge in [-0.2, -0.15) is 0 Å². The van der Waals surface area contributed by atoms with Gasteiger partial charge in [-0.25, -0.2) is 0 Å². The SMILES string of the molecule is CCC(=O)c1ccc(NCCCCO)cc1. The molecule has 0 aliphatic heterocycles. The molecule has 0 bridgehead atoms. The fraction of sp³-hybridized carbons (Fsp3) is 0.462. The largest absolute Gasteiger partial charge is 0.396 e. The predicted octanol–water partition coefficient (Wildman–Crippen LogP) is 2.46. The average Bonchev–Trinajstić information content (AvgIpc) is 2.34. The Hall–Kier alpha value is -1.35. The Morgan fingerprint density at radius 1 is 1.25 bits per heavy atom. The van der Waals surface area contributed by atoms with Gasteiger partial charge in [0.15, 0.2) is 5.78 Å². The molecule has 0 aromatic heterocycles. The van der Waals surface area contributed by atoms with Gasteiger partial charge in [0.25, 0.3) is 0 Å². The summed E-state index contributed by atoms with van der Waals surface area (Å²) in [5.74, 6) is 0.173. The molecule has 1 rings (SSSR count). The molecular weight excluding hydrogens is 202 g/mol. The first-order valence-corrected chi connectivity index (χ1v) is 5.76. The molecule has 88 valence electrons. The van der Waals surface area contributed by atoms with Gasteiger partial charge in [-0.05, 0) is 37.1 Å². The lowest BCUT2D eigenvalue weighted by molar-refractivity contribution is 0.0988. The molecular formula is C13H19NO2. The standard InChI is InChI=1S/C13H19NO2/c1-2-13(16)11-5-7-12(8-6-11)14-9-3-4-10-15/h5-8,14-15H,2-4,9-10H2,1H3. The first kappa shape index (κ1) is 12.7. The van der Waals surface area contributed by atoms with Crippen LogP contribution in [0.4, 0.5) is 5.69 Å². The summed E-state index contributed by atoms with van der Waals surface area (Å²) < 4.78 is 0. The van der Waals surface area contributed by atoms with Crippen molar-refractivity contribution in [3.05, 3.63) is 29.8 Å². The van der Waals surface area contributed by atoms with Gasteiger partial charge in [-0.3, -0.25) is 4.79 Å². The number of hydrogen-bond donors (Lipinski definition) is 2. The molecule has 0 spiro atoms. The Morgan fingerprint density at radius 2 is 1.94 bits per heavy atom. The van der Waals surface area contributed by atoms with E-state index >= 15 is 0 Å². The number of anilines is 1. The van der Waals surface area contributed by atoms with E-state index in [9.17, 15) is 4.79 Å². The monoisotopic (exact) mass is 221 g/mol. The van der Waals surface area contributed by atoms with Crippen LogP contribution in [0.25, 0.3) is 0 Å². The van der Waals surface area contributed by atoms with Gasteiger partial charge in [0.05, 0.1) is 0 Å². The Balaban J connectivity index is 2.42. The van der Waals surface area contributed by atoms with Crippen LogP contribution in [0.2, 0.25) is 0 Å². The summed E-state index contributed by atoms with van der Waals surface area (Å²) in [7, 11) is 0. The number of aliphatic hydroxyl groups is 1. The third-order valence-electron chi connectivity index (χ3n) is 2.44. The number of rotatable bonds is 7. The summed E-state index contributed by atoms with van der Waals surface area (Å²) >= 11 is 0. The van der Waals surface area contributed by atoms with E-state index in [0.717, 1.165) is 30.6 Å². The topological polar surface area (TPSA) is 49.3 Å². The van der Waals surface area contributed by atoms with Crippen LogP contribution in [-0.2, 0) is 0 Å². The van der Waals surface area contributed by atoms with Crippen molar-refractivity contribution in [2.24, 2.45) is 0 Å². The second-order valence-corrected chi connectivity index (χ2v) is 3.71. The molecule has 1 aromatic carbocycles. The van der Waals surface area contributed by atoms with Crippen molar-refractivity contribution in [3.8, 4) is 0 Å². The van der Waals surface area contributed by atoms with Crippen LogP contribution in [-0.4, -0.2) is 24.0 Å². The maximum absolute atomic E-state index is 11.4. The molecule has 1 aromatic rings. The third kappa shape index (κ3) is 4.03. The summed E-state index contributed by atoms with van der Waals surface area (Å²) in [4.78, 5) is 11.4. The van der Waals surface area contributed by atoms with Crippen molar-refractivity contribution in [1.29, 1.82) is 0 Å².